The lowest BCUT2D eigenvalue weighted by atomic mass is 9.84. The SMILES string of the molecule is CCCCC[C@@H]1OC(CC)(CC)[C@H](Cc2c[nH]c3ccccc23)N1C. The van der Waals surface area contributed by atoms with Crippen molar-refractivity contribution in [3.8, 4) is 0 Å². The van der Waals surface area contributed by atoms with Crippen LogP contribution in [0.25, 0.3) is 10.9 Å². The molecule has 1 aliphatic heterocycles. The topological polar surface area (TPSA) is 28.3 Å². The van der Waals surface area contributed by atoms with Crippen LogP contribution in [-0.2, 0) is 11.2 Å². The Labute approximate surface area is 152 Å². The standard InChI is InChI=1S/C22H34N2O/c1-5-8-9-14-21-24(4)20(22(6-2,7-3)25-21)15-17-16-23-19-13-11-10-12-18(17)19/h10-13,16,20-21,23H,5-9,14-15H2,1-4H3/t20-,21-/m0/s1. The Morgan fingerprint density at radius 1 is 1.12 bits per heavy atom. The number of likely N-dealkylation sites (N-methyl/N-ethyl adjacent to an activating group) is 1. The molecular weight excluding hydrogens is 308 g/mol. The summed E-state index contributed by atoms with van der Waals surface area (Å²) in [5.74, 6) is 0. The molecule has 138 valence electrons. The van der Waals surface area contributed by atoms with Crippen molar-refractivity contribution in [2.45, 2.75) is 83.6 Å². The average molecular weight is 343 g/mol. The second kappa shape index (κ2) is 7.92. The van der Waals surface area contributed by atoms with E-state index in [0.29, 0.717) is 6.04 Å². The fourth-order valence-corrected chi connectivity index (χ4v) is 4.56. The van der Waals surface area contributed by atoms with Gasteiger partial charge < -0.3 is 9.72 Å². The summed E-state index contributed by atoms with van der Waals surface area (Å²) >= 11 is 0. The predicted octanol–water partition coefficient (Wildman–Crippen LogP) is 5.51. The van der Waals surface area contributed by atoms with Crippen LogP contribution in [0.5, 0.6) is 0 Å². The first-order valence-corrected chi connectivity index (χ1v) is 10.1. The maximum Gasteiger partial charge on any atom is 0.111 e. The predicted molar refractivity (Wildman–Crippen MR) is 106 cm³/mol. The maximum atomic E-state index is 6.70. The molecule has 0 saturated carbocycles. The minimum Gasteiger partial charge on any atom is -0.361 e. The van der Waals surface area contributed by atoms with Crippen LogP contribution in [0.3, 0.4) is 0 Å². The van der Waals surface area contributed by atoms with Gasteiger partial charge in [0, 0.05) is 23.1 Å². The molecule has 0 aliphatic carbocycles. The number of hydrogen-bond donors (Lipinski definition) is 1. The minimum atomic E-state index is -0.0238. The third-order valence-corrected chi connectivity index (χ3v) is 6.26. The molecule has 1 aromatic heterocycles. The molecule has 1 fully saturated rings. The Morgan fingerprint density at radius 3 is 2.60 bits per heavy atom. The smallest absolute Gasteiger partial charge is 0.111 e. The monoisotopic (exact) mass is 342 g/mol. The first kappa shape index (κ1) is 18.5. The van der Waals surface area contributed by atoms with E-state index in [2.05, 4.69) is 68.2 Å². The summed E-state index contributed by atoms with van der Waals surface area (Å²) in [6, 6.07) is 9.06. The van der Waals surface area contributed by atoms with Gasteiger partial charge in [0.25, 0.3) is 0 Å². The molecule has 2 atom stereocenters. The number of aromatic amines is 1. The lowest BCUT2D eigenvalue weighted by molar-refractivity contribution is -0.0657. The average Bonchev–Trinajstić information content (AvgIpc) is 3.17. The summed E-state index contributed by atoms with van der Waals surface area (Å²) in [5, 5.41) is 1.35. The molecule has 0 amide bonds. The molecule has 0 bridgehead atoms. The van der Waals surface area contributed by atoms with Gasteiger partial charge in [0.15, 0.2) is 0 Å². The van der Waals surface area contributed by atoms with E-state index < -0.39 is 0 Å². The first-order valence-electron chi connectivity index (χ1n) is 10.1. The van der Waals surface area contributed by atoms with Crippen LogP contribution >= 0.6 is 0 Å². The molecule has 25 heavy (non-hydrogen) atoms. The van der Waals surface area contributed by atoms with Gasteiger partial charge in [-0.1, -0.05) is 51.8 Å². The van der Waals surface area contributed by atoms with Crippen molar-refractivity contribution in [2.24, 2.45) is 0 Å². The Bertz CT molecular complexity index is 673. The van der Waals surface area contributed by atoms with Gasteiger partial charge in [-0.3, -0.25) is 4.90 Å². The number of nitrogens with one attached hydrogen (secondary N) is 1. The number of unbranched alkanes of at least 4 members (excludes halogenated alkanes) is 2. The molecule has 3 rings (SSSR count). The number of aromatic nitrogens is 1. The van der Waals surface area contributed by atoms with Crippen LogP contribution in [0, 0.1) is 0 Å². The summed E-state index contributed by atoms with van der Waals surface area (Å²) in [4.78, 5) is 5.95. The Balaban J connectivity index is 1.83. The van der Waals surface area contributed by atoms with Crippen LogP contribution in [-0.4, -0.2) is 34.8 Å². The van der Waals surface area contributed by atoms with Gasteiger partial charge >= 0.3 is 0 Å². The minimum absolute atomic E-state index is 0.0238. The van der Waals surface area contributed by atoms with E-state index in [-0.39, 0.29) is 11.8 Å². The van der Waals surface area contributed by atoms with E-state index >= 15 is 0 Å². The highest BCUT2D eigenvalue weighted by Gasteiger charge is 2.49. The molecule has 1 saturated heterocycles. The van der Waals surface area contributed by atoms with Crippen molar-refractivity contribution in [2.75, 3.05) is 7.05 Å². The van der Waals surface area contributed by atoms with Crippen LogP contribution in [0.15, 0.2) is 30.5 Å². The second-order valence-corrected chi connectivity index (χ2v) is 7.59. The van der Waals surface area contributed by atoms with Crippen LogP contribution in [0.2, 0.25) is 0 Å². The molecule has 2 heterocycles. The number of ether oxygens (including phenoxy) is 1. The Morgan fingerprint density at radius 2 is 1.88 bits per heavy atom. The van der Waals surface area contributed by atoms with Gasteiger partial charge in [-0.15, -0.1) is 0 Å². The molecule has 2 aromatic rings. The van der Waals surface area contributed by atoms with Crippen molar-refractivity contribution >= 4 is 10.9 Å². The van der Waals surface area contributed by atoms with Crippen molar-refractivity contribution in [3.63, 3.8) is 0 Å². The highest BCUT2D eigenvalue weighted by atomic mass is 16.5. The molecule has 0 spiro atoms. The number of hydrogen-bond acceptors (Lipinski definition) is 2. The van der Waals surface area contributed by atoms with Gasteiger partial charge in [0.05, 0.1) is 5.60 Å². The van der Waals surface area contributed by atoms with Crippen molar-refractivity contribution in [1.82, 2.24) is 9.88 Å². The molecule has 0 radical (unpaired) electrons. The largest absolute Gasteiger partial charge is 0.361 e. The third-order valence-electron chi connectivity index (χ3n) is 6.26. The summed E-state index contributed by atoms with van der Waals surface area (Å²) in [5.41, 5.74) is 2.62. The zero-order valence-electron chi connectivity index (χ0n) is 16.3. The number of fused-ring (bicyclic) bond motifs is 1. The quantitative estimate of drug-likeness (QED) is 0.641. The zero-order valence-corrected chi connectivity index (χ0v) is 16.3. The number of H-pyrrole nitrogens is 1. The zero-order chi connectivity index (χ0) is 17.9. The summed E-state index contributed by atoms with van der Waals surface area (Å²) in [6.07, 6.45) is 10.6. The first-order chi connectivity index (χ1) is 12.1. The summed E-state index contributed by atoms with van der Waals surface area (Å²) in [7, 11) is 2.27. The van der Waals surface area contributed by atoms with E-state index in [1.54, 1.807) is 0 Å². The normalized spacial score (nSPS) is 23.5. The van der Waals surface area contributed by atoms with Crippen LogP contribution in [0.1, 0.15) is 64.9 Å². The second-order valence-electron chi connectivity index (χ2n) is 7.59. The number of rotatable bonds is 8. The van der Waals surface area contributed by atoms with E-state index in [9.17, 15) is 0 Å². The van der Waals surface area contributed by atoms with Gasteiger partial charge in [0.2, 0.25) is 0 Å². The number of para-hydroxylation sites is 1. The highest BCUT2D eigenvalue weighted by Crippen LogP contribution is 2.40. The molecule has 3 heteroatoms. The number of nitrogens with zero attached hydrogens (tertiary/aromatic N) is 1. The van der Waals surface area contributed by atoms with Crippen molar-refractivity contribution in [1.29, 1.82) is 0 Å². The van der Waals surface area contributed by atoms with E-state index in [0.717, 1.165) is 25.7 Å². The molecule has 1 aliphatic rings. The number of benzene rings is 1. The maximum absolute atomic E-state index is 6.70. The molecule has 0 unspecified atom stereocenters. The van der Waals surface area contributed by atoms with Gasteiger partial charge in [0.1, 0.15) is 6.23 Å². The fraction of sp³-hybridized carbons (Fsp3) is 0.636. The Kier molecular flexibility index (Phi) is 5.85. The molecule has 1 aromatic carbocycles. The third kappa shape index (κ3) is 3.50. The molecule has 1 N–H and O–H groups in total. The molecule has 3 nitrogen and oxygen atoms in total. The summed E-state index contributed by atoms with van der Waals surface area (Å²) < 4.78 is 6.70. The lowest BCUT2D eigenvalue weighted by Crippen LogP contribution is -2.45. The van der Waals surface area contributed by atoms with Crippen molar-refractivity contribution in [3.05, 3.63) is 36.0 Å². The summed E-state index contributed by atoms with van der Waals surface area (Å²) in [6.45, 7) is 6.84. The highest BCUT2D eigenvalue weighted by molar-refractivity contribution is 5.83. The lowest BCUT2D eigenvalue weighted by Gasteiger charge is -2.33. The fourth-order valence-electron chi connectivity index (χ4n) is 4.56. The molecular formula is C22H34N2O. The van der Waals surface area contributed by atoms with E-state index in [1.165, 1.54) is 35.7 Å². The van der Waals surface area contributed by atoms with Gasteiger partial charge in [-0.2, -0.15) is 0 Å². The van der Waals surface area contributed by atoms with Crippen LogP contribution in [0.4, 0.5) is 0 Å². The Hall–Kier alpha value is -1.32. The van der Waals surface area contributed by atoms with Crippen molar-refractivity contribution < 1.29 is 4.74 Å². The van der Waals surface area contributed by atoms with E-state index in [1.807, 2.05) is 0 Å². The van der Waals surface area contributed by atoms with Gasteiger partial charge in [-0.05, 0) is 50.8 Å². The van der Waals surface area contributed by atoms with E-state index in [4.69, 9.17) is 4.74 Å². The van der Waals surface area contributed by atoms with Crippen LogP contribution < -0.4 is 0 Å². The van der Waals surface area contributed by atoms with Gasteiger partial charge in [-0.25, -0.2) is 0 Å².